The molecule has 3 aromatic heterocycles. The van der Waals surface area contributed by atoms with Crippen LogP contribution in [-0.2, 0) is 13.1 Å². The van der Waals surface area contributed by atoms with Crippen LogP contribution >= 0.6 is 0 Å². The largest absolute Gasteiger partial charge is 0.386 e. The van der Waals surface area contributed by atoms with Gasteiger partial charge in [-0.3, -0.25) is 0 Å². The molecule has 0 spiro atoms. The summed E-state index contributed by atoms with van der Waals surface area (Å²) in [6, 6.07) is 0. The lowest BCUT2D eigenvalue weighted by atomic mass is 9.92. The number of aromatic nitrogens is 7. The van der Waals surface area contributed by atoms with Gasteiger partial charge in [-0.2, -0.15) is 0 Å². The maximum absolute atomic E-state index is 11.0. The van der Waals surface area contributed by atoms with Gasteiger partial charge in [0.1, 0.15) is 11.9 Å². The van der Waals surface area contributed by atoms with E-state index in [0.29, 0.717) is 13.1 Å². The second kappa shape index (κ2) is 5.82. The van der Waals surface area contributed by atoms with E-state index in [1.54, 1.807) is 29.7 Å². The van der Waals surface area contributed by atoms with Crippen molar-refractivity contribution in [2.45, 2.75) is 38.5 Å². The molecule has 1 atom stereocenters. The molecule has 1 N–H and O–H groups in total. The molecular weight excluding hydrogens is 308 g/mol. The number of rotatable bonds is 4. The molecule has 1 aliphatic rings. The van der Waals surface area contributed by atoms with Gasteiger partial charge in [0.25, 0.3) is 0 Å². The molecule has 1 unspecified atom stereocenters. The summed E-state index contributed by atoms with van der Waals surface area (Å²) in [6.07, 6.45) is 8.34. The molecule has 3 aromatic rings. The Balaban J connectivity index is 1.63. The monoisotopic (exact) mass is 328 g/mol. The van der Waals surface area contributed by atoms with Crippen molar-refractivity contribution in [1.29, 1.82) is 0 Å². The third kappa shape index (κ3) is 2.60. The highest BCUT2D eigenvalue weighted by atomic mass is 16.3. The average Bonchev–Trinajstić information content (AvgIpc) is 3.23. The number of imidazole rings is 1. The summed E-state index contributed by atoms with van der Waals surface area (Å²) >= 11 is 0. The van der Waals surface area contributed by atoms with E-state index in [4.69, 9.17) is 0 Å². The summed E-state index contributed by atoms with van der Waals surface area (Å²) < 4.78 is 3.66. The number of aryl methyl sites for hydroxylation is 1. The Hall–Kier alpha value is -2.55. The standard InChI is InChI=1S/C15H20N8O/c1-2-21-11-18-12-13(21)16-10-17-14(12)22-6-3-4-15(24,8-22)9-23-7-5-19-20-23/h5,7,10-11,24H,2-4,6,8-9H2,1H3. The van der Waals surface area contributed by atoms with Crippen molar-refractivity contribution in [1.82, 2.24) is 34.5 Å². The third-order valence-electron chi connectivity index (χ3n) is 4.51. The van der Waals surface area contributed by atoms with Crippen molar-refractivity contribution < 1.29 is 5.11 Å². The summed E-state index contributed by atoms with van der Waals surface area (Å²) in [7, 11) is 0. The lowest BCUT2D eigenvalue weighted by Crippen LogP contribution is -2.51. The third-order valence-corrected chi connectivity index (χ3v) is 4.51. The number of nitrogens with zero attached hydrogens (tertiary/aromatic N) is 8. The van der Waals surface area contributed by atoms with E-state index in [9.17, 15) is 5.11 Å². The minimum Gasteiger partial charge on any atom is -0.386 e. The summed E-state index contributed by atoms with van der Waals surface area (Å²) in [6.45, 7) is 4.60. The van der Waals surface area contributed by atoms with Gasteiger partial charge in [0, 0.05) is 19.3 Å². The first kappa shape index (κ1) is 15.0. The Labute approximate surface area is 139 Å². The molecule has 0 bridgehead atoms. The van der Waals surface area contributed by atoms with Gasteiger partial charge in [0.2, 0.25) is 0 Å². The highest BCUT2D eigenvalue weighted by molar-refractivity contribution is 5.83. The number of β-amino-alcohol motifs (C(OH)–C–C–N with tert-alkyl or cyclic N) is 1. The van der Waals surface area contributed by atoms with Gasteiger partial charge in [0.15, 0.2) is 17.0 Å². The zero-order chi connectivity index (χ0) is 16.6. The smallest absolute Gasteiger partial charge is 0.165 e. The number of piperidine rings is 1. The zero-order valence-corrected chi connectivity index (χ0v) is 13.6. The first-order valence-corrected chi connectivity index (χ1v) is 8.16. The van der Waals surface area contributed by atoms with Crippen LogP contribution in [0.3, 0.4) is 0 Å². The molecule has 4 heterocycles. The van der Waals surface area contributed by atoms with Crippen molar-refractivity contribution in [2.24, 2.45) is 0 Å². The van der Waals surface area contributed by atoms with Crippen LogP contribution in [-0.4, -0.2) is 58.3 Å². The lowest BCUT2D eigenvalue weighted by Gasteiger charge is -2.39. The first-order valence-electron chi connectivity index (χ1n) is 8.16. The summed E-state index contributed by atoms with van der Waals surface area (Å²) in [5.74, 6) is 0.781. The van der Waals surface area contributed by atoms with Crippen LogP contribution in [0.2, 0.25) is 0 Å². The van der Waals surface area contributed by atoms with Gasteiger partial charge >= 0.3 is 0 Å². The molecule has 0 aromatic carbocycles. The van der Waals surface area contributed by atoms with Crippen molar-refractivity contribution in [2.75, 3.05) is 18.0 Å². The second-order valence-corrected chi connectivity index (χ2v) is 6.25. The number of anilines is 1. The van der Waals surface area contributed by atoms with E-state index < -0.39 is 5.60 Å². The molecule has 1 aliphatic heterocycles. The Morgan fingerprint density at radius 2 is 2.21 bits per heavy atom. The maximum Gasteiger partial charge on any atom is 0.165 e. The van der Waals surface area contributed by atoms with Crippen LogP contribution in [0.25, 0.3) is 11.2 Å². The zero-order valence-electron chi connectivity index (χ0n) is 13.6. The van der Waals surface area contributed by atoms with Crippen molar-refractivity contribution >= 4 is 17.0 Å². The van der Waals surface area contributed by atoms with Crippen LogP contribution in [0.15, 0.2) is 25.0 Å². The Kier molecular flexibility index (Phi) is 3.64. The fourth-order valence-electron chi connectivity index (χ4n) is 3.37. The Morgan fingerprint density at radius 1 is 1.29 bits per heavy atom. The Morgan fingerprint density at radius 3 is 3.00 bits per heavy atom. The molecule has 9 nitrogen and oxygen atoms in total. The lowest BCUT2D eigenvalue weighted by molar-refractivity contribution is 0.00591. The van der Waals surface area contributed by atoms with Gasteiger partial charge in [-0.1, -0.05) is 5.21 Å². The van der Waals surface area contributed by atoms with E-state index in [-0.39, 0.29) is 0 Å². The van der Waals surface area contributed by atoms with Gasteiger partial charge in [0.05, 0.1) is 25.6 Å². The topological polar surface area (TPSA) is 97.8 Å². The molecule has 0 saturated carbocycles. The van der Waals surface area contributed by atoms with Crippen molar-refractivity contribution in [3.8, 4) is 0 Å². The number of aliphatic hydroxyl groups is 1. The fraction of sp³-hybridized carbons (Fsp3) is 0.533. The van der Waals surface area contributed by atoms with Crippen LogP contribution in [0, 0.1) is 0 Å². The molecule has 4 rings (SSSR count). The highest BCUT2D eigenvalue weighted by Gasteiger charge is 2.35. The molecule has 1 saturated heterocycles. The van der Waals surface area contributed by atoms with Crippen LogP contribution in [0.1, 0.15) is 19.8 Å². The molecule has 0 amide bonds. The quantitative estimate of drug-likeness (QED) is 0.743. The minimum absolute atomic E-state index is 0.418. The van der Waals surface area contributed by atoms with Gasteiger partial charge in [-0.15, -0.1) is 5.10 Å². The van der Waals surface area contributed by atoms with Crippen molar-refractivity contribution in [3.63, 3.8) is 0 Å². The number of hydrogen-bond donors (Lipinski definition) is 1. The predicted molar refractivity (Wildman–Crippen MR) is 87.4 cm³/mol. The predicted octanol–water partition coefficient (Wildman–Crippen LogP) is 0.469. The van der Waals surface area contributed by atoms with E-state index in [1.807, 2.05) is 4.57 Å². The molecule has 1 fully saturated rings. The molecule has 24 heavy (non-hydrogen) atoms. The summed E-state index contributed by atoms with van der Waals surface area (Å²) in [5.41, 5.74) is 0.744. The Bertz CT molecular complexity index is 829. The van der Waals surface area contributed by atoms with E-state index >= 15 is 0 Å². The normalized spacial score (nSPS) is 21.5. The SMILES string of the molecule is CCn1cnc2c(N3CCCC(O)(Cn4ccnn4)C3)ncnc21. The van der Waals surface area contributed by atoms with E-state index in [0.717, 1.165) is 42.9 Å². The van der Waals surface area contributed by atoms with Gasteiger partial charge in [-0.05, 0) is 19.8 Å². The van der Waals surface area contributed by atoms with Gasteiger partial charge < -0.3 is 14.6 Å². The molecule has 9 heteroatoms. The van der Waals surface area contributed by atoms with Crippen LogP contribution in [0.5, 0.6) is 0 Å². The minimum atomic E-state index is -0.865. The number of fused-ring (bicyclic) bond motifs is 1. The molecular formula is C15H20N8O. The molecule has 126 valence electrons. The molecule has 0 radical (unpaired) electrons. The van der Waals surface area contributed by atoms with Crippen LogP contribution < -0.4 is 4.90 Å². The summed E-state index contributed by atoms with van der Waals surface area (Å²) in [5, 5.41) is 18.8. The average molecular weight is 328 g/mol. The fourth-order valence-corrected chi connectivity index (χ4v) is 3.37. The second-order valence-electron chi connectivity index (χ2n) is 6.25. The first-order chi connectivity index (χ1) is 11.7. The van der Waals surface area contributed by atoms with Crippen molar-refractivity contribution in [3.05, 3.63) is 25.0 Å². The summed E-state index contributed by atoms with van der Waals surface area (Å²) in [4.78, 5) is 15.3. The van der Waals surface area contributed by atoms with Gasteiger partial charge in [-0.25, -0.2) is 19.6 Å². The maximum atomic E-state index is 11.0. The number of hydrogen-bond acceptors (Lipinski definition) is 7. The van der Waals surface area contributed by atoms with E-state index in [2.05, 4.69) is 37.1 Å². The van der Waals surface area contributed by atoms with Crippen LogP contribution in [0.4, 0.5) is 5.82 Å². The van der Waals surface area contributed by atoms with E-state index in [1.165, 1.54) is 0 Å². The highest BCUT2D eigenvalue weighted by Crippen LogP contribution is 2.29. The molecule has 0 aliphatic carbocycles.